The Morgan fingerprint density at radius 3 is 2.25 bits per heavy atom. The number of likely N-dealkylation sites (tertiary alicyclic amines) is 1. The lowest BCUT2D eigenvalue weighted by atomic mass is 9.80. The Morgan fingerprint density at radius 1 is 1.15 bits per heavy atom. The highest BCUT2D eigenvalue weighted by Gasteiger charge is 2.51. The van der Waals surface area contributed by atoms with Crippen LogP contribution in [0.4, 0.5) is 0 Å². The van der Waals surface area contributed by atoms with Crippen LogP contribution in [0.3, 0.4) is 0 Å². The number of hydrogen-bond acceptors (Lipinski definition) is 4. The molecule has 0 N–H and O–H groups in total. The molecule has 0 aliphatic carbocycles. The van der Waals surface area contributed by atoms with E-state index in [1.165, 1.54) is 25.9 Å². The molecule has 0 unspecified atom stereocenters. The zero-order chi connectivity index (χ0) is 14.8. The first-order valence-corrected chi connectivity index (χ1v) is 7.65. The second-order valence-corrected chi connectivity index (χ2v) is 6.85. The lowest BCUT2D eigenvalue weighted by Crippen LogP contribution is -2.41. The maximum atomic E-state index is 5.94. The molecule has 0 aromatic rings. The molecule has 0 radical (unpaired) electrons. The van der Waals surface area contributed by atoms with Gasteiger partial charge in [0.2, 0.25) is 0 Å². The quantitative estimate of drug-likeness (QED) is 0.552. The van der Waals surface area contributed by atoms with Crippen molar-refractivity contribution < 1.29 is 14.0 Å². The summed E-state index contributed by atoms with van der Waals surface area (Å²) in [5, 5.41) is 0. The van der Waals surface area contributed by atoms with Gasteiger partial charge in [-0.2, -0.15) is 0 Å². The van der Waals surface area contributed by atoms with Crippen molar-refractivity contribution in [2.45, 2.75) is 51.7 Å². The van der Waals surface area contributed by atoms with E-state index in [4.69, 9.17) is 14.0 Å². The van der Waals surface area contributed by atoms with Gasteiger partial charge in [0.25, 0.3) is 0 Å². The summed E-state index contributed by atoms with van der Waals surface area (Å²) < 4.78 is 17.6. The van der Waals surface area contributed by atoms with Crippen LogP contribution in [0, 0.1) is 0 Å². The molecule has 2 fully saturated rings. The van der Waals surface area contributed by atoms with Crippen LogP contribution >= 0.6 is 0 Å². The van der Waals surface area contributed by atoms with Gasteiger partial charge >= 0.3 is 7.12 Å². The summed E-state index contributed by atoms with van der Waals surface area (Å²) in [6.45, 7) is 16.9. The zero-order valence-corrected chi connectivity index (χ0v) is 13.4. The van der Waals surface area contributed by atoms with Crippen LogP contribution in [-0.4, -0.2) is 56.1 Å². The smallest absolute Gasteiger partial charge is 0.400 e. The van der Waals surface area contributed by atoms with Gasteiger partial charge in [0, 0.05) is 6.54 Å². The highest BCUT2D eigenvalue weighted by molar-refractivity contribution is 6.54. The average Bonchev–Trinajstić information content (AvgIpc) is 2.92. The summed E-state index contributed by atoms with van der Waals surface area (Å²) in [5.41, 5.74) is 0.247. The van der Waals surface area contributed by atoms with E-state index in [0.29, 0.717) is 6.61 Å². The maximum Gasteiger partial charge on any atom is 0.492 e. The van der Waals surface area contributed by atoms with Gasteiger partial charge < -0.3 is 18.9 Å². The molecule has 2 saturated heterocycles. The summed E-state index contributed by atoms with van der Waals surface area (Å²) in [6.07, 6.45) is 2.64. The summed E-state index contributed by atoms with van der Waals surface area (Å²) in [5.74, 6) is 0. The third-order valence-electron chi connectivity index (χ3n) is 4.62. The second kappa shape index (κ2) is 6.18. The van der Waals surface area contributed by atoms with Gasteiger partial charge in [-0.1, -0.05) is 0 Å². The molecule has 114 valence electrons. The summed E-state index contributed by atoms with van der Waals surface area (Å²) in [7, 11) is -0.355. The fourth-order valence-electron chi connectivity index (χ4n) is 2.48. The van der Waals surface area contributed by atoms with Gasteiger partial charge in [0.15, 0.2) is 0 Å². The molecule has 0 amide bonds. The molecule has 0 bridgehead atoms. The molecule has 0 spiro atoms. The predicted molar refractivity (Wildman–Crippen MR) is 81.7 cm³/mol. The Hall–Kier alpha value is -0.355. The molecule has 0 aromatic heterocycles. The maximum absolute atomic E-state index is 5.94. The summed E-state index contributed by atoms with van der Waals surface area (Å²) in [6, 6.07) is 0. The van der Waals surface area contributed by atoms with Gasteiger partial charge in [-0.15, -0.1) is 6.58 Å². The Labute approximate surface area is 123 Å². The van der Waals surface area contributed by atoms with E-state index in [1.807, 2.05) is 0 Å². The van der Waals surface area contributed by atoms with E-state index in [0.717, 1.165) is 18.6 Å². The number of ether oxygens (including phenoxy) is 1. The first-order valence-electron chi connectivity index (χ1n) is 7.65. The predicted octanol–water partition coefficient (Wildman–Crippen LogP) is 2.29. The molecular formula is C15H28BNO3. The largest absolute Gasteiger partial charge is 0.492 e. The molecule has 2 aliphatic heterocycles. The molecule has 5 heteroatoms. The molecule has 0 saturated carbocycles. The van der Waals surface area contributed by atoms with Gasteiger partial charge in [0.1, 0.15) is 0 Å². The van der Waals surface area contributed by atoms with E-state index in [9.17, 15) is 0 Å². The van der Waals surface area contributed by atoms with Crippen LogP contribution in [-0.2, 0) is 14.0 Å². The van der Waals surface area contributed by atoms with Crippen LogP contribution in [0.2, 0.25) is 0 Å². The van der Waals surface area contributed by atoms with Crippen molar-refractivity contribution in [3.8, 4) is 0 Å². The lowest BCUT2D eigenvalue weighted by molar-refractivity contribution is 0.00578. The van der Waals surface area contributed by atoms with Crippen LogP contribution in [0.25, 0.3) is 0 Å². The Bertz CT molecular complexity index is 335. The minimum Gasteiger partial charge on any atom is -0.400 e. The van der Waals surface area contributed by atoms with Crippen LogP contribution in [0.5, 0.6) is 0 Å². The van der Waals surface area contributed by atoms with Gasteiger partial charge in [-0.3, -0.25) is 0 Å². The third kappa shape index (κ3) is 3.64. The van der Waals surface area contributed by atoms with Crippen molar-refractivity contribution in [2.24, 2.45) is 0 Å². The number of hydrogen-bond donors (Lipinski definition) is 0. The van der Waals surface area contributed by atoms with Gasteiger partial charge in [-0.25, -0.2) is 0 Å². The van der Waals surface area contributed by atoms with E-state index < -0.39 is 0 Å². The normalized spacial score (nSPS) is 25.3. The standard InChI is InChI=1S/C15H28BNO3/c1-13(12-18-11-10-17-8-6-7-9-17)16-19-14(2,3)15(4,5)20-16/h1,6-12H2,2-5H3. The lowest BCUT2D eigenvalue weighted by Gasteiger charge is -2.32. The Balaban J connectivity index is 1.68. The molecule has 2 rings (SSSR count). The minimum absolute atomic E-state index is 0.309. The fourth-order valence-corrected chi connectivity index (χ4v) is 2.48. The highest BCUT2D eigenvalue weighted by Crippen LogP contribution is 2.38. The van der Waals surface area contributed by atoms with Crippen molar-refractivity contribution in [3.05, 3.63) is 12.1 Å². The first kappa shape index (κ1) is 16.0. The number of rotatable bonds is 6. The SMILES string of the molecule is C=C(COCCN1CCCC1)B1OC(C)(C)C(C)(C)O1. The molecule has 2 aliphatic rings. The van der Waals surface area contributed by atoms with Crippen LogP contribution in [0.15, 0.2) is 12.1 Å². The van der Waals surface area contributed by atoms with E-state index in [2.05, 4.69) is 39.2 Å². The Kier molecular flexibility index (Phi) is 4.95. The molecule has 4 nitrogen and oxygen atoms in total. The van der Waals surface area contributed by atoms with Crippen molar-refractivity contribution in [2.75, 3.05) is 32.8 Å². The molecular weight excluding hydrogens is 253 g/mol. The molecule has 0 aromatic carbocycles. The van der Waals surface area contributed by atoms with Gasteiger partial charge in [-0.05, 0) is 59.1 Å². The van der Waals surface area contributed by atoms with E-state index >= 15 is 0 Å². The second-order valence-electron chi connectivity index (χ2n) is 6.85. The molecule has 0 atom stereocenters. The summed E-state index contributed by atoms with van der Waals surface area (Å²) >= 11 is 0. The average molecular weight is 281 g/mol. The van der Waals surface area contributed by atoms with Crippen molar-refractivity contribution in [1.29, 1.82) is 0 Å². The minimum atomic E-state index is -0.355. The zero-order valence-electron chi connectivity index (χ0n) is 13.4. The van der Waals surface area contributed by atoms with Crippen molar-refractivity contribution in [1.82, 2.24) is 4.90 Å². The molecule has 2 heterocycles. The topological polar surface area (TPSA) is 30.9 Å². The third-order valence-corrected chi connectivity index (χ3v) is 4.62. The summed E-state index contributed by atoms with van der Waals surface area (Å²) in [4.78, 5) is 2.44. The highest BCUT2D eigenvalue weighted by atomic mass is 16.7. The monoisotopic (exact) mass is 281 g/mol. The van der Waals surface area contributed by atoms with Crippen molar-refractivity contribution >= 4 is 7.12 Å². The van der Waals surface area contributed by atoms with Crippen LogP contribution < -0.4 is 0 Å². The first-order chi connectivity index (χ1) is 9.32. The van der Waals surface area contributed by atoms with Crippen molar-refractivity contribution in [3.63, 3.8) is 0 Å². The van der Waals surface area contributed by atoms with Crippen LogP contribution in [0.1, 0.15) is 40.5 Å². The van der Waals surface area contributed by atoms with Gasteiger partial charge in [0.05, 0.1) is 24.4 Å². The van der Waals surface area contributed by atoms with E-state index in [1.54, 1.807) is 0 Å². The Morgan fingerprint density at radius 2 is 1.70 bits per heavy atom. The van der Waals surface area contributed by atoms with E-state index in [-0.39, 0.29) is 18.3 Å². The number of nitrogens with zero attached hydrogens (tertiary/aromatic N) is 1. The molecule has 20 heavy (non-hydrogen) atoms. The fraction of sp³-hybridized carbons (Fsp3) is 0.867.